The van der Waals surface area contributed by atoms with Crippen molar-refractivity contribution >= 4 is 50.5 Å². The number of nitrogens with one attached hydrogen (secondary N) is 1. The SMILES string of the molecule is NC(=O)c1cccc(NC(=O)[C@H]2CCCN2S(=O)(=O)c2ccc(Cl)s2)c1. The molecule has 0 aliphatic carbocycles. The molecule has 1 aliphatic rings. The zero-order chi connectivity index (χ0) is 18.9. The molecule has 7 nitrogen and oxygen atoms in total. The molecule has 1 aromatic heterocycles. The van der Waals surface area contributed by atoms with Crippen LogP contribution in [0.3, 0.4) is 0 Å². The molecule has 0 saturated carbocycles. The molecule has 1 aromatic carbocycles. The Labute approximate surface area is 159 Å². The maximum atomic E-state index is 12.8. The van der Waals surface area contributed by atoms with Crippen molar-refractivity contribution in [3.05, 3.63) is 46.3 Å². The maximum absolute atomic E-state index is 12.8. The molecule has 2 amide bonds. The summed E-state index contributed by atoms with van der Waals surface area (Å²) in [5, 5.41) is 2.66. The van der Waals surface area contributed by atoms with Crippen LogP contribution in [0.2, 0.25) is 4.34 Å². The summed E-state index contributed by atoms with van der Waals surface area (Å²) in [6, 6.07) is 8.31. The van der Waals surface area contributed by atoms with Crippen LogP contribution in [0, 0.1) is 0 Å². The highest BCUT2D eigenvalue weighted by atomic mass is 35.5. The van der Waals surface area contributed by atoms with Crippen LogP contribution in [0.5, 0.6) is 0 Å². The first-order valence-corrected chi connectivity index (χ1v) is 10.4. The molecule has 138 valence electrons. The Bertz CT molecular complexity index is 958. The van der Waals surface area contributed by atoms with Crippen LogP contribution < -0.4 is 11.1 Å². The third-order valence-corrected chi connectivity index (χ3v) is 7.64. The van der Waals surface area contributed by atoms with Gasteiger partial charge in [-0.2, -0.15) is 4.31 Å². The molecule has 1 saturated heterocycles. The van der Waals surface area contributed by atoms with Crippen LogP contribution in [0.25, 0.3) is 0 Å². The quantitative estimate of drug-likeness (QED) is 0.783. The fourth-order valence-corrected chi connectivity index (χ4v) is 6.09. The largest absolute Gasteiger partial charge is 0.366 e. The standard InChI is InChI=1S/C16H16ClN3O4S2/c17-13-6-7-14(25-13)26(23,24)20-8-2-5-12(20)16(22)19-11-4-1-3-10(9-11)15(18)21/h1,3-4,6-7,9,12H,2,5,8H2,(H2,18,21)(H,19,22)/t12-/m1/s1. The normalized spacial score (nSPS) is 18.0. The number of hydrogen-bond donors (Lipinski definition) is 2. The van der Waals surface area contributed by atoms with E-state index in [0.717, 1.165) is 11.3 Å². The van der Waals surface area contributed by atoms with Gasteiger partial charge in [-0.25, -0.2) is 8.42 Å². The molecule has 3 N–H and O–H groups in total. The van der Waals surface area contributed by atoms with E-state index >= 15 is 0 Å². The Hall–Kier alpha value is -1.94. The van der Waals surface area contributed by atoms with Crippen LogP contribution in [0.15, 0.2) is 40.6 Å². The van der Waals surface area contributed by atoms with Gasteiger partial charge in [0.15, 0.2) is 0 Å². The molecule has 1 aliphatic heterocycles. The lowest BCUT2D eigenvalue weighted by molar-refractivity contribution is -0.119. The van der Waals surface area contributed by atoms with E-state index in [-0.39, 0.29) is 16.3 Å². The molecule has 0 bridgehead atoms. The smallest absolute Gasteiger partial charge is 0.253 e. The summed E-state index contributed by atoms with van der Waals surface area (Å²) in [5.74, 6) is -1.06. The van der Waals surface area contributed by atoms with Crippen molar-refractivity contribution in [2.45, 2.75) is 23.1 Å². The van der Waals surface area contributed by atoms with Crippen molar-refractivity contribution in [1.82, 2.24) is 4.31 Å². The van der Waals surface area contributed by atoms with Gasteiger partial charge < -0.3 is 11.1 Å². The minimum absolute atomic E-state index is 0.109. The lowest BCUT2D eigenvalue weighted by Crippen LogP contribution is -2.42. The van der Waals surface area contributed by atoms with Crippen LogP contribution in [0.4, 0.5) is 5.69 Å². The second kappa shape index (κ2) is 7.36. The zero-order valence-electron chi connectivity index (χ0n) is 13.5. The minimum atomic E-state index is -3.79. The molecule has 0 spiro atoms. The summed E-state index contributed by atoms with van der Waals surface area (Å²) in [6.07, 6.45) is 0.997. The van der Waals surface area contributed by atoms with E-state index in [9.17, 15) is 18.0 Å². The number of carbonyl (C=O) groups is 2. The van der Waals surface area contributed by atoms with Gasteiger partial charge in [0.05, 0.1) is 4.34 Å². The predicted octanol–water partition coefficient (Wildman–Crippen LogP) is 2.29. The average Bonchev–Trinajstić information content (AvgIpc) is 3.24. The Kier molecular flexibility index (Phi) is 5.33. The van der Waals surface area contributed by atoms with Gasteiger partial charge in [-0.3, -0.25) is 9.59 Å². The number of benzene rings is 1. The molecule has 1 atom stereocenters. The summed E-state index contributed by atoms with van der Waals surface area (Å²) >= 11 is 6.80. The second-order valence-corrected chi connectivity index (χ2v) is 9.60. The van der Waals surface area contributed by atoms with Crippen LogP contribution in [-0.2, 0) is 14.8 Å². The molecule has 0 unspecified atom stereocenters. The molecule has 1 fully saturated rings. The number of nitrogens with two attached hydrogens (primary N) is 1. The van der Waals surface area contributed by atoms with Crippen LogP contribution >= 0.6 is 22.9 Å². The summed E-state index contributed by atoms with van der Waals surface area (Å²) < 4.78 is 27.3. The molecule has 0 radical (unpaired) electrons. The third-order valence-electron chi connectivity index (χ3n) is 4.03. The Morgan fingerprint density at radius 2 is 2.04 bits per heavy atom. The van der Waals surface area contributed by atoms with Crippen molar-refractivity contribution in [2.75, 3.05) is 11.9 Å². The van der Waals surface area contributed by atoms with Crippen molar-refractivity contribution in [2.24, 2.45) is 5.73 Å². The van der Waals surface area contributed by atoms with Crippen molar-refractivity contribution < 1.29 is 18.0 Å². The lowest BCUT2D eigenvalue weighted by Gasteiger charge is -2.22. The van der Waals surface area contributed by atoms with E-state index in [2.05, 4.69) is 5.32 Å². The van der Waals surface area contributed by atoms with Gasteiger partial charge in [0, 0.05) is 17.8 Å². The highest BCUT2D eigenvalue weighted by molar-refractivity contribution is 7.91. The molecule has 2 heterocycles. The van der Waals surface area contributed by atoms with Crippen molar-refractivity contribution in [3.63, 3.8) is 0 Å². The van der Waals surface area contributed by atoms with Crippen molar-refractivity contribution in [1.29, 1.82) is 0 Å². The number of nitrogens with zero attached hydrogens (tertiary/aromatic N) is 1. The highest BCUT2D eigenvalue weighted by Gasteiger charge is 2.40. The van der Waals surface area contributed by atoms with Gasteiger partial charge in [0.25, 0.3) is 10.0 Å². The van der Waals surface area contributed by atoms with Crippen LogP contribution in [0.1, 0.15) is 23.2 Å². The number of halogens is 1. The van der Waals surface area contributed by atoms with E-state index < -0.39 is 27.9 Å². The molecule has 10 heteroatoms. The van der Waals surface area contributed by atoms with Gasteiger partial charge in [0.1, 0.15) is 10.3 Å². The fraction of sp³-hybridized carbons (Fsp3) is 0.250. The maximum Gasteiger partial charge on any atom is 0.253 e. The van der Waals surface area contributed by atoms with E-state index in [1.165, 1.54) is 28.6 Å². The van der Waals surface area contributed by atoms with Gasteiger partial charge in [0.2, 0.25) is 11.8 Å². The molecular formula is C16H16ClN3O4S2. The Morgan fingerprint density at radius 3 is 2.69 bits per heavy atom. The van der Waals surface area contributed by atoms with Gasteiger partial charge in [-0.15, -0.1) is 11.3 Å². The van der Waals surface area contributed by atoms with Gasteiger partial charge >= 0.3 is 0 Å². The van der Waals surface area contributed by atoms with E-state index in [1.807, 2.05) is 0 Å². The minimum Gasteiger partial charge on any atom is -0.366 e. The first-order valence-electron chi connectivity index (χ1n) is 7.77. The third kappa shape index (κ3) is 3.75. The van der Waals surface area contributed by atoms with Gasteiger partial charge in [-0.1, -0.05) is 17.7 Å². The Balaban J connectivity index is 1.80. The van der Waals surface area contributed by atoms with E-state index in [1.54, 1.807) is 12.1 Å². The average molecular weight is 414 g/mol. The second-order valence-electron chi connectivity index (χ2n) is 5.77. The Morgan fingerprint density at radius 1 is 1.27 bits per heavy atom. The summed E-state index contributed by atoms with van der Waals surface area (Å²) in [5.41, 5.74) is 5.87. The molecule has 3 rings (SSSR count). The summed E-state index contributed by atoms with van der Waals surface area (Å²) in [6.45, 7) is 0.261. The number of amides is 2. The number of primary amides is 1. The van der Waals surface area contributed by atoms with Gasteiger partial charge in [-0.05, 0) is 43.2 Å². The number of carbonyl (C=O) groups excluding carboxylic acids is 2. The number of anilines is 1. The zero-order valence-corrected chi connectivity index (χ0v) is 15.9. The molecule has 2 aromatic rings. The molecular weight excluding hydrogens is 398 g/mol. The topological polar surface area (TPSA) is 110 Å². The number of sulfonamides is 1. The molecule has 26 heavy (non-hydrogen) atoms. The lowest BCUT2D eigenvalue weighted by atomic mass is 10.1. The van der Waals surface area contributed by atoms with E-state index in [0.29, 0.717) is 22.9 Å². The number of thiophene rings is 1. The summed E-state index contributed by atoms with van der Waals surface area (Å²) in [4.78, 5) is 23.9. The van der Waals surface area contributed by atoms with Crippen LogP contribution in [-0.4, -0.2) is 37.1 Å². The number of hydrogen-bond acceptors (Lipinski definition) is 5. The predicted molar refractivity (Wildman–Crippen MR) is 99.8 cm³/mol. The number of rotatable bonds is 5. The highest BCUT2D eigenvalue weighted by Crippen LogP contribution is 2.32. The first kappa shape index (κ1) is 18.8. The first-order chi connectivity index (χ1) is 12.3. The summed E-state index contributed by atoms with van der Waals surface area (Å²) in [7, 11) is -3.79. The van der Waals surface area contributed by atoms with E-state index in [4.69, 9.17) is 17.3 Å². The fourth-order valence-electron chi connectivity index (χ4n) is 2.82. The van der Waals surface area contributed by atoms with Crippen molar-refractivity contribution in [3.8, 4) is 0 Å². The monoisotopic (exact) mass is 413 g/mol.